The van der Waals surface area contributed by atoms with Crippen molar-refractivity contribution in [2.75, 3.05) is 17.7 Å². The summed E-state index contributed by atoms with van der Waals surface area (Å²) in [6, 6.07) is 12.4. The second-order valence-electron chi connectivity index (χ2n) is 6.21. The summed E-state index contributed by atoms with van der Waals surface area (Å²) in [5, 5.41) is 5.24. The van der Waals surface area contributed by atoms with Crippen LogP contribution in [0.25, 0.3) is 0 Å². The van der Waals surface area contributed by atoms with Crippen LogP contribution in [0.3, 0.4) is 0 Å². The number of methoxy groups -OCH3 is 1. The number of benzene rings is 3. The number of halogens is 3. The predicted octanol–water partition coefficient (Wildman–Crippen LogP) is 6.34. The summed E-state index contributed by atoms with van der Waals surface area (Å²) >= 11 is 17.9. The first-order chi connectivity index (χ1) is 15.1. The number of hydrogen-bond acceptors (Lipinski definition) is 5. The summed E-state index contributed by atoms with van der Waals surface area (Å²) in [7, 11) is -3.39. The summed E-state index contributed by atoms with van der Waals surface area (Å²) in [6.07, 6.45) is 0. The molecule has 32 heavy (non-hydrogen) atoms. The predicted molar refractivity (Wildman–Crippen MR) is 123 cm³/mol. The largest absolute Gasteiger partial charge is 0.495 e. The third-order valence-corrected chi connectivity index (χ3v) is 5.93. The molecule has 168 valence electrons. The first-order valence-electron chi connectivity index (χ1n) is 8.73. The Labute approximate surface area is 198 Å². The van der Waals surface area contributed by atoms with Crippen LogP contribution in [-0.4, -0.2) is 26.1 Å². The smallest absolute Gasteiger partial charge is 0.323 e. The van der Waals surface area contributed by atoms with Crippen molar-refractivity contribution in [2.24, 2.45) is 0 Å². The molecule has 0 spiro atoms. The van der Waals surface area contributed by atoms with Crippen molar-refractivity contribution < 1.29 is 27.2 Å². The quantitative estimate of drug-likeness (QED) is 0.329. The Balaban J connectivity index is 1.96. The minimum Gasteiger partial charge on any atom is -0.495 e. The summed E-state index contributed by atoms with van der Waals surface area (Å²) in [5.74, 6) is 0.607. The van der Waals surface area contributed by atoms with Crippen molar-refractivity contribution >= 4 is 62.3 Å². The van der Waals surface area contributed by atoms with Crippen molar-refractivity contribution in [3.05, 3.63) is 69.7 Å². The highest BCUT2D eigenvalue weighted by Crippen LogP contribution is 2.39. The fourth-order valence-corrected chi connectivity index (χ4v) is 4.20. The van der Waals surface area contributed by atoms with Gasteiger partial charge in [0.05, 0.1) is 17.2 Å². The minimum absolute atomic E-state index is 0.0905. The molecule has 0 saturated carbocycles. The number of ether oxygens (including phenoxy) is 2. The Kier molecular flexibility index (Phi) is 7.37. The van der Waals surface area contributed by atoms with Crippen LogP contribution in [0.15, 0.2) is 59.5 Å². The molecule has 3 N–H and O–H groups in total. The Morgan fingerprint density at radius 1 is 0.906 bits per heavy atom. The van der Waals surface area contributed by atoms with Gasteiger partial charge >= 0.3 is 6.03 Å². The highest BCUT2D eigenvalue weighted by atomic mass is 35.5. The van der Waals surface area contributed by atoms with Gasteiger partial charge in [0, 0.05) is 10.7 Å². The first kappa shape index (κ1) is 24.0. The van der Waals surface area contributed by atoms with Gasteiger partial charge in [-0.3, -0.25) is 4.55 Å². The van der Waals surface area contributed by atoms with E-state index >= 15 is 0 Å². The van der Waals surface area contributed by atoms with E-state index in [0.717, 1.165) is 0 Å². The van der Waals surface area contributed by atoms with Gasteiger partial charge in [0.1, 0.15) is 22.1 Å². The van der Waals surface area contributed by atoms with Gasteiger partial charge in [-0.25, -0.2) is 4.79 Å². The molecule has 0 aliphatic carbocycles. The molecule has 0 aliphatic heterocycles. The lowest BCUT2D eigenvalue weighted by atomic mass is 10.2. The summed E-state index contributed by atoms with van der Waals surface area (Å²) in [5.41, 5.74) is -0.0732. The SMILES string of the molecule is COc1ccc(NC(=O)Nc2c(Oc3ccc(Cl)cc3)ccc(Cl)c2S(=O)(=O)O)cc1Cl. The molecule has 3 aromatic carbocycles. The van der Waals surface area contributed by atoms with Gasteiger partial charge in [-0.15, -0.1) is 0 Å². The van der Waals surface area contributed by atoms with Crippen LogP contribution in [-0.2, 0) is 10.1 Å². The molecular weight excluding hydrogens is 503 g/mol. The zero-order valence-corrected chi connectivity index (χ0v) is 19.3. The number of urea groups is 1. The normalized spacial score (nSPS) is 11.0. The third kappa shape index (κ3) is 5.76. The maximum atomic E-state index is 12.6. The summed E-state index contributed by atoms with van der Waals surface area (Å²) in [6.45, 7) is 0. The molecule has 8 nitrogen and oxygen atoms in total. The molecule has 0 bridgehead atoms. The van der Waals surface area contributed by atoms with Gasteiger partial charge in [-0.1, -0.05) is 34.8 Å². The van der Waals surface area contributed by atoms with Crippen molar-refractivity contribution in [2.45, 2.75) is 4.90 Å². The van der Waals surface area contributed by atoms with Gasteiger partial charge in [0.15, 0.2) is 5.75 Å². The van der Waals surface area contributed by atoms with Crippen LogP contribution in [0, 0.1) is 0 Å². The molecule has 0 aliphatic rings. The van der Waals surface area contributed by atoms with Crippen LogP contribution in [0.4, 0.5) is 16.2 Å². The van der Waals surface area contributed by atoms with E-state index < -0.39 is 21.0 Å². The molecule has 0 aromatic heterocycles. The molecule has 0 radical (unpaired) electrons. The summed E-state index contributed by atoms with van der Waals surface area (Å²) < 4.78 is 44.4. The first-order valence-corrected chi connectivity index (χ1v) is 11.3. The number of amides is 2. The zero-order valence-electron chi connectivity index (χ0n) is 16.2. The minimum atomic E-state index is -4.83. The fraction of sp³-hybridized carbons (Fsp3) is 0.0500. The average Bonchev–Trinajstić information content (AvgIpc) is 2.70. The molecule has 2 amide bonds. The molecule has 0 unspecified atom stereocenters. The molecule has 3 rings (SSSR count). The summed E-state index contributed by atoms with van der Waals surface area (Å²) in [4.78, 5) is 11.9. The Morgan fingerprint density at radius 3 is 2.16 bits per heavy atom. The number of rotatable bonds is 6. The maximum Gasteiger partial charge on any atom is 0.323 e. The highest BCUT2D eigenvalue weighted by molar-refractivity contribution is 7.86. The zero-order chi connectivity index (χ0) is 23.5. The lowest BCUT2D eigenvalue weighted by molar-refractivity contribution is 0.262. The van der Waals surface area contributed by atoms with Crippen LogP contribution >= 0.6 is 34.8 Å². The van der Waals surface area contributed by atoms with Gasteiger partial charge < -0.3 is 20.1 Å². The Morgan fingerprint density at radius 2 is 1.56 bits per heavy atom. The average molecular weight is 518 g/mol. The number of anilines is 2. The van der Waals surface area contributed by atoms with E-state index in [9.17, 15) is 17.8 Å². The van der Waals surface area contributed by atoms with Crippen molar-refractivity contribution in [1.29, 1.82) is 0 Å². The van der Waals surface area contributed by atoms with E-state index in [1.54, 1.807) is 12.1 Å². The Bertz CT molecular complexity index is 1270. The number of nitrogens with one attached hydrogen (secondary N) is 2. The van der Waals surface area contributed by atoms with Gasteiger partial charge in [0.2, 0.25) is 0 Å². The van der Waals surface area contributed by atoms with Crippen LogP contribution in [0.2, 0.25) is 15.1 Å². The van der Waals surface area contributed by atoms with Gasteiger partial charge in [-0.05, 0) is 54.6 Å². The van der Waals surface area contributed by atoms with Crippen LogP contribution in [0.1, 0.15) is 0 Å². The second-order valence-corrected chi connectivity index (χ2v) is 8.82. The molecule has 12 heteroatoms. The van der Waals surface area contributed by atoms with Gasteiger partial charge in [-0.2, -0.15) is 8.42 Å². The maximum absolute atomic E-state index is 12.6. The number of carbonyl (C=O) groups excluding carboxylic acids is 1. The molecular formula is C20H15Cl3N2O6S. The lowest BCUT2D eigenvalue weighted by Gasteiger charge is -2.17. The van der Waals surface area contributed by atoms with Crippen molar-refractivity contribution in [3.8, 4) is 17.2 Å². The number of hydrogen-bond donors (Lipinski definition) is 3. The van der Waals surface area contributed by atoms with Gasteiger partial charge in [0.25, 0.3) is 10.1 Å². The second kappa shape index (κ2) is 9.85. The van der Waals surface area contributed by atoms with Crippen molar-refractivity contribution in [1.82, 2.24) is 0 Å². The fourth-order valence-electron chi connectivity index (χ4n) is 2.64. The van der Waals surface area contributed by atoms with Crippen molar-refractivity contribution in [3.63, 3.8) is 0 Å². The molecule has 0 fully saturated rings. The standard InChI is InChI=1S/C20H15Cl3N2O6S/c1-30-16-8-4-12(10-15(16)23)24-20(26)25-18-17(31-13-5-2-11(21)3-6-13)9-7-14(22)19(18)32(27,28)29/h2-10H,1H3,(H2,24,25,26)(H,27,28,29). The topological polar surface area (TPSA) is 114 Å². The molecule has 3 aromatic rings. The monoisotopic (exact) mass is 516 g/mol. The third-order valence-electron chi connectivity index (χ3n) is 4.02. The molecule has 0 saturated heterocycles. The van der Waals surface area contributed by atoms with E-state index in [2.05, 4.69) is 10.6 Å². The van der Waals surface area contributed by atoms with Crippen LogP contribution < -0.4 is 20.1 Å². The van der Waals surface area contributed by atoms with E-state index in [4.69, 9.17) is 44.3 Å². The van der Waals surface area contributed by atoms with E-state index in [1.165, 1.54) is 49.6 Å². The highest BCUT2D eigenvalue weighted by Gasteiger charge is 2.25. The van der Waals surface area contributed by atoms with E-state index in [1.807, 2.05) is 0 Å². The number of carbonyl (C=O) groups is 1. The molecule has 0 atom stereocenters. The van der Waals surface area contributed by atoms with E-state index in [-0.39, 0.29) is 21.5 Å². The molecule has 0 heterocycles. The van der Waals surface area contributed by atoms with Crippen LogP contribution in [0.5, 0.6) is 17.2 Å². The van der Waals surface area contributed by atoms with E-state index in [0.29, 0.717) is 22.2 Å². The lowest BCUT2D eigenvalue weighted by Crippen LogP contribution is -2.21. The Hall–Kier alpha value is -2.69.